The number of ether oxygens (including phenoxy) is 2. The van der Waals surface area contributed by atoms with Crippen molar-refractivity contribution in [3.63, 3.8) is 0 Å². The topological polar surface area (TPSA) is 99.9 Å². The van der Waals surface area contributed by atoms with E-state index in [0.29, 0.717) is 55.4 Å². The summed E-state index contributed by atoms with van der Waals surface area (Å²) in [5.74, 6) is -1.41. The first-order valence-corrected chi connectivity index (χ1v) is 12.1. The van der Waals surface area contributed by atoms with Crippen molar-refractivity contribution in [2.24, 2.45) is 0 Å². The molecule has 0 bridgehead atoms. The van der Waals surface area contributed by atoms with Crippen molar-refractivity contribution < 1.29 is 27.0 Å². The zero-order chi connectivity index (χ0) is 26.9. The first-order chi connectivity index (χ1) is 18.3. The Bertz CT molecular complexity index is 1420. The number of anilines is 1. The average Bonchev–Trinajstić information content (AvgIpc) is 3.29. The Morgan fingerprint density at radius 1 is 1.05 bits per heavy atom. The molecule has 0 amide bonds. The molecule has 38 heavy (non-hydrogen) atoms. The van der Waals surface area contributed by atoms with Crippen LogP contribution in [-0.4, -0.2) is 49.5 Å². The third-order valence-electron chi connectivity index (χ3n) is 6.46. The van der Waals surface area contributed by atoms with Gasteiger partial charge in [0.25, 0.3) is 5.88 Å². The molecule has 200 valence electrons. The minimum Gasteiger partial charge on any atom is -0.472 e. The molecule has 0 unspecified atom stereocenters. The highest BCUT2D eigenvalue weighted by Crippen LogP contribution is 2.38. The molecule has 0 aromatic carbocycles. The minimum atomic E-state index is -4.82. The Kier molecular flexibility index (Phi) is 7.00. The number of aromatic nitrogens is 6. The van der Waals surface area contributed by atoms with Gasteiger partial charge in [-0.3, -0.25) is 4.68 Å². The van der Waals surface area contributed by atoms with E-state index in [2.05, 4.69) is 25.3 Å². The van der Waals surface area contributed by atoms with E-state index in [-0.39, 0.29) is 12.1 Å². The predicted molar refractivity (Wildman–Crippen MR) is 130 cm³/mol. The Labute approximate surface area is 215 Å². The number of hydrogen-bond donors (Lipinski definition) is 1. The van der Waals surface area contributed by atoms with Crippen LogP contribution in [0.3, 0.4) is 0 Å². The fraction of sp³-hybridized carbons (Fsp3) is 0.400. The van der Waals surface area contributed by atoms with Crippen molar-refractivity contribution >= 4 is 16.7 Å². The molecule has 5 rings (SSSR count). The van der Waals surface area contributed by atoms with Gasteiger partial charge >= 0.3 is 12.2 Å². The summed E-state index contributed by atoms with van der Waals surface area (Å²) in [4.78, 5) is 16.6. The molecule has 0 saturated heterocycles. The smallest absolute Gasteiger partial charge is 0.419 e. The van der Waals surface area contributed by atoms with Gasteiger partial charge in [0.2, 0.25) is 0 Å². The van der Waals surface area contributed by atoms with Crippen molar-refractivity contribution in [2.45, 2.75) is 50.9 Å². The molecule has 0 aliphatic heterocycles. The number of nitrogens with zero attached hydrogens (tertiary/aromatic N) is 6. The number of fused-ring (bicyclic) bond motifs is 1. The Balaban J connectivity index is 1.39. The summed E-state index contributed by atoms with van der Waals surface area (Å²) in [6.45, 7) is 2.68. The van der Waals surface area contributed by atoms with Gasteiger partial charge in [0.1, 0.15) is 17.6 Å². The summed E-state index contributed by atoms with van der Waals surface area (Å²) in [5, 5.41) is 8.93. The first-order valence-electron chi connectivity index (χ1n) is 12.1. The molecule has 1 saturated carbocycles. The zero-order valence-electron chi connectivity index (χ0n) is 20.7. The number of pyridine rings is 2. The zero-order valence-corrected chi connectivity index (χ0v) is 20.7. The van der Waals surface area contributed by atoms with Gasteiger partial charge in [0, 0.05) is 48.3 Å². The van der Waals surface area contributed by atoms with Gasteiger partial charge in [0.15, 0.2) is 5.82 Å². The fourth-order valence-corrected chi connectivity index (χ4v) is 4.64. The van der Waals surface area contributed by atoms with Gasteiger partial charge in [0.05, 0.1) is 24.2 Å². The molecule has 1 N–H and O–H groups in total. The van der Waals surface area contributed by atoms with Crippen molar-refractivity contribution in [2.75, 3.05) is 19.0 Å². The average molecular weight is 532 g/mol. The Morgan fingerprint density at radius 2 is 1.79 bits per heavy atom. The van der Waals surface area contributed by atoms with Gasteiger partial charge < -0.3 is 14.8 Å². The Morgan fingerprint density at radius 3 is 2.45 bits per heavy atom. The van der Waals surface area contributed by atoms with Gasteiger partial charge in [-0.1, -0.05) is 0 Å². The molecule has 1 aliphatic carbocycles. The van der Waals surface area contributed by atoms with E-state index >= 15 is 0 Å². The summed E-state index contributed by atoms with van der Waals surface area (Å²) < 4.78 is 66.1. The summed E-state index contributed by atoms with van der Waals surface area (Å²) in [6, 6.07) is 2.77. The van der Waals surface area contributed by atoms with Gasteiger partial charge in [-0.15, -0.1) is 0 Å². The first kappa shape index (κ1) is 25.6. The largest absolute Gasteiger partial charge is 0.472 e. The molecule has 9 nitrogen and oxygen atoms in total. The van der Waals surface area contributed by atoms with E-state index in [1.54, 1.807) is 18.6 Å². The maximum Gasteiger partial charge on any atom is 0.419 e. The second-order valence-corrected chi connectivity index (χ2v) is 8.89. The van der Waals surface area contributed by atoms with Crippen LogP contribution < -0.4 is 14.8 Å². The summed E-state index contributed by atoms with van der Waals surface area (Å²) >= 11 is 0. The second kappa shape index (κ2) is 10.4. The highest BCUT2D eigenvalue weighted by atomic mass is 19.4. The molecule has 1 aliphatic rings. The molecular weight excluding hydrogens is 506 g/mol. The number of halogens is 4. The molecule has 0 atom stereocenters. The molecule has 4 aromatic rings. The molecule has 0 spiro atoms. The summed E-state index contributed by atoms with van der Waals surface area (Å²) in [7, 11) is 1.49. The van der Waals surface area contributed by atoms with Crippen molar-refractivity contribution in [3.8, 4) is 23.1 Å². The van der Waals surface area contributed by atoms with Crippen molar-refractivity contribution in [1.82, 2.24) is 29.7 Å². The third-order valence-corrected chi connectivity index (χ3v) is 6.46. The lowest BCUT2D eigenvalue weighted by Gasteiger charge is -2.29. The fourth-order valence-electron chi connectivity index (χ4n) is 4.64. The van der Waals surface area contributed by atoms with Crippen molar-refractivity contribution in [3.05, 3.63) is 48.3 Å². The highest BCUT2D eigenvalue weighted by molar-refractivity contribution is 5.93. The van der Waals surface area contributed by atoms with Crippen LogP contribution in [0.4, 0.5) is 23.4 Å². The van der Waals surface area contributed by atoms with Crippen LogP contribution in [0.15, 0.2) is 36.9 Å². The van der Waals surface area contributed by atoms with Gasteiger partial charge in [-0.25, -0.2) is 24.3 Å². The molecule has 4 aromatic heterocycles. The summed E-state index contributed by atoms with van der Waals surface area (Å²) in [6.07, 6.45) is 2.89. The van der Waals surface area contributed by atoms with Gasteiger partial charge in [-0.05, 0) is 38.7 Å². The van der Waals surface area contributed by atoms with Crippen molar-refractivity contribution in [1.29, 1.82) is 0 Å². The van der Waals surface area contributed by atoms with E-state index in [0.717, 1.165) is 17.1 Å². The number of alkyl halides is 3. The maximum absolute atomic E-state index is 14.4. The lowest BCUT2D eigenvalue weighted by Crippen LogP contribution is -2.27. The number of rotatable bonds is 7. The van der Waals surface area contributed by atoms with E-state index < -0.39 is 29.5 Å². The Hall–Kier alpha value is -4.03. The standard InChI is InChI=1S/C25H25F4N7O2/c1-3-30-20-10-19-17(13-32-20)22(14-11-33-24(37-2)34-12-14)35-36(19)15-4-6-16(7-5-15)38-23-21(26)18(8-9-31-23)25(27,28)29/h8-13,15-16H,3-7H2,1-2H3,(H,30,32). The number of hydrogen-bond acceptors (Lipinski definition) is 8. The van der Waals surface area contributed by atoms with E-state index in [9.17, 15) is 17.6 Å². The third kappa shape index (κ3) is 5.04. The SMILES string of the molecule is CCNc1cc2c(cn1)c(-c1cnc(OC)nc1)nn2C1CCC(Oc2nccc(C(F)(F)F)c2F)CC1. The molecule has 4 heterocycles. The van der Waals surface area contributed by atoms with Crippen LogP contribution in [-0.2, 0) is 6.18 Å². The monoisotopic (exact) mass is 531 g/mol. The molecule has 1 fully saturated rings. The van der Waals surface area contributed by atoms with Gasteiger partial charge in [-0.2, -0.15) is 18.3 Å². The van der Waals surface area contributed by atoms with Crippen LogP contribution in [0, 0.1) is 5.82 Å². The predicted octanol–water partition coefficient (Wildman–Crippen LogP) is 5.44. The maximum atomic E-state index is 14.4. The quantitative estimate of drug-likeness (QED) is 0.315. The lowest BCUT2D eigenvalue weighted by molar-refractivity contribution is -0.140. The second-order valence-electron chi connectivity index (χ2n) is 8.89. The molecular formula is C25H25F4N7O2. The van der Waals surface area contributed by atoms with Crippen LogP contribution >= 0.6 is 0 Å². The highest BCUT2D eigenvalue weighted by Gasteiger charge is 2.36. The van der Waals surface area contributed by atoms with E-state index in [1.165, 1.54) is 7.11 Å². The van der Waals surface area contributed by atoms with Crippen LogP contribution in [0.2, 0.25) is 0 Å². The van der Waals surface area contributed by atoms with Crippen LogP contribution in [0.25, 0.3) is 22.2 Å². The normalized spacial score (nSPS) is 17.9. The lowest BCUT2D eigenvalue weighted by atomic mass is 9.93. The summed E-state index contributed by atoms with van der Waals surface area (Å²) in [5.41, 5.74) is 0.860. The molecule has 0 radical (unpaired) electrons. The van der Waals surface area contributed by atoms with E-state index in [4.69, 9.17) is 14.6 Å². The number of methoxy groups -OCH3 is 1. The number of nitrogens with one attached hydrogen (secondary N) is 1. The van der Waals surface area contributed by atoms with E-state index in [1.807, 2.05) is 17.7 Å². The van der Waals surface area contributed by atoms with Crippen LogP contribution in [0.1, 0.15) is 44.2 Å². The minimum absolute atomic E-state index is 0.0125. The molecule has 13 heteroatoms. The van der Waals surface area contributed by atoms with Crippen LogP contribution in [0.5, 0.6) is 11.9 Å².